The molecular formula is C15H20O. The minimum absolute atomic E-state index is 0.715. The van der Waals surface area contributed by atoms with E-state index in [0.717, 1.165) is 11.7 Å². The van der Waals surface area contributed by atoms with E-state index in [2.05, 4.69) is 37.8 Å². The lowest BCUT2D eigenvalue weighted by molar-refractivity contribution is 0.414. The van der Waals surface area contributed by atoms with Gasteiger partial charge < -0.3 is 4.74 Å². The molecule has 0 heterocycles. The molecule has 0 radical (unpaired) electrons. The van der Waals surface area contributed by atoms with Gasteiger partial charge in [-0.15, -0.1) is 0 Å². The van der Waals surface area contributed by atoms with E-state index >= 15 is 0 Å². The van der Waals surface area contributed by atoms with Gasteiger partial charge in [0.2, 0.25) is 0 Å². The molecule has 1 aliphatic rings. The molecule has 0 amide bonds. The maximum atomic E-state index is 5.18. The van der Waals surface area contributed by atoms with Crippen LogP contribution in [0.4, 0.5) is 0 Å². The predicted molar refractivity (Wildman–Crippen MR) is 67.9 cm³/mol. The monoisotopic (exact) mass is 216 g/mol. The molecule has 1 heteroatoms. The van der Waals surface area contributed by atoms with Crippen LogP contribution in [0.15, 0.2) is 36.4 Å². The van der Waals surface area contributed by atoms with E-state index in [0.29, 0.717) is 5.92 Å². The van der Waals surface area contributed by atoms with Gasteiger partial charge >= 0.3 is 0 Å². The molecule has 1 aliphatic carbocycles. The van der Waals surface area contributed by atoms with E-state index < -0.39 is 0 Å². The summed E-state index contributed by atoms with van der Waals surface area (Å²) in [5.74, 6) is 2.39. The van der Waals surface area contributed by atoms with Gasteiger partial charge in [0.05, 0.1) is 7.11 Å². The van der Waals surface area contributed by atoms with Gasteiger partial charge in [-0.25, -0.2) is 0 Å². The molecule has 86 valence electrons. The normalized spacial score (nSPS) is 24.4. The van der Waals surface area contributed by atoms with Crippen LogP contribution in [0.25, 0.3) is 0 Å². The number of methoxy groups -OCH3 is 1. The van der Waals surface area contributed by atoms with Crippen LogP contribution < -0.4 is 4.74 Å². The summed E-state index contributed by atoms with van der Waals surface area (Å²) >= 11 is 0. The lowest BCUT2D eigenvalue weighted by Crippen LogP contribution is -1.96. The van der Waals surface area contributed by atoms with Crippen LogP contribution in [0.5, 0.6) is 5.75 Å². The van der Waals surface area contributed by atoms with Crippen molar-refractivity contribution in [3.05, 3.63) is 42.0 Å². The lowest BCUT2D eigenvalue weighted by Gasteiger charge is -2.12. The number of hydrogen-bond acceptors (Lipinski definition) is 1. The van der Waals surface area contributed by atoms with Gasteiger partial charge in [0.25, 0.3) is 0 Å². The molecule has 0 N–H and O–H groups in total. The summed E-state index contributed by atoms with van der Waals surface area (Å²) in [4.78, 5) is 0. The Kier molecular flexibility index (Phi) is 3.33. The van der Waals surface area contributed by atoms with Crippen molar-refractivity contribution in [1.29, 1.82) is 0 Å². The molecule has 0 saturated heterocycles. The second-order valence-electron chi connectivity index (χ2n) is 4.83. The van der Waals surface area contributed by atoms with Gasteiger partial charge in [0.15, 0.2) is 0 Å². The van der Waals surface area contributed by atoms with Gasteiger partial charge in [0, 0.05) is 0 Å². The Morgan fingerprint density at radius 3 is 2.44 bits per heavy atom. The lowest BCUT2D eigenvalue weighted by atomic mass is 9.94. The molecule has 1 aromatic rings. The van der Waals surface area contributed by atoms with Crippen molar-refractivity contribution in [2.24, 2.45) is 5.92 Å². The van der Waals surface area contributed by atoms with Crippen LogP contribution in [0.2, 0.25) is 0 Å². The Balaban J connectivity index is 2.05. The molecule has 1 saturated carbocycles. The van der Waals surface area contributed by atoms with E-state index in [1.807, 2.05) is 0 Å². The van der Waals surface area contributed by atoms with Crippen LogP contribution in [-0.2, 0) is 0 Å². The topological polar surface area (TPSA) is 9.23 Å². The van der Waals surface area contributed by atoms with E-state index in [4.69, 9.17) is 4.74 Å². The van der Waals surface area contributed by atoms with Gasteiger partial charge in [0.1, 0.15) is 5.75 Å². The van der Waals surface area contributed by atoms with Crippen molar-refractivity contribution in [3.8, 4) is 5.75 Å². The Bertz CT molecular complexity index is 364. The number of allylic oxidation sites excluding steroid dienone is 1. The highest BCUT2D eigenvalue weighted by molar-refractivity contribution is 5.30. The zero-order valence-electron chi connectivity index (χ0n) is 10.2. The molecule has 0 spiro atoms. The zero-order valence-corrected chi connectivity index (χ0v) is 10.2. The number of benzene rings is 1. The smallest absolute Gasteiger partial charge is 0.118 e. The summed E-state index contributed by atoms with van der Waals surface area (Å²) in [6.45, 7) is 6.23. The predicted octanol–water partition coefficient (Wildman–Crippen LogP) is 4.16. The first kappa shape index (κ1) is 11.3. The SMILES string of the molecule is C=C(C)C1CCC(c2ccc(OC)cc2)C1. The second kappa shape index (κ2) is 4.73. The first-order valence-corrected chi connectivity index (χ1v) is 6.00. The highest BCUT2D eigenvalue weighted by atomic mass is 16.5. The second-order valence-corrected chi connectivity index (χ2v) is 4.83. The fourth-order valence-electron chi connectivity index (χ4n) is 2.61. The summed E-state index contributed by atoms with van der Waals surface area (Å²) in [6, 6.07) is 8.52. The number of ether oxygens (including phenoxy) is 1. The molecule has 1 nitrogen and oxygen atoms in total. The molecular weight excluding hydrogens is 196 g/mol. The maximum Gasteiger partial charge on any atom is 0.118 e. The Morgan fingerprint density at radius 1 is 1.25 bits per heavy atom. The molecule has 0 bridgehead atoms. The van der Waals surface area contributed by atoms with Crippen molar-refractivity contribution in [2.45, 2.75) is 32.1 Å². The minimum atomic E-state index is 0.715. The summed E-state index contributed by atoms with van der Waals surface area (Å²) < 4.78 is 5.18. The Labute approximate surface area is 98.1 Å². The minimum Gasteiger partial charge on any atom is -0.497 e. The molecule has 2 unspecified atom stereocenters. The van der Waals surface area contributed by atoms with E-state index in [9.17, 15) is 0 Å². The van der Waals surface area contributed by atoms with Crippen LogP contribution in [0.1, 0.15) is 37.7 Å². The number of rotatable bonds is 3. The van der Waals surface area contributed by atoms with E-state index in [1.54, 1.807) is 7.11 Å². The van der Waals surface area contributed by atoms with Gasteiger partial charge in [-0.05, 0) is 55.7 Å². The van der Waals surface area contributed by atoms with Crippen molar-refractivity contribution in [2.75, 3.05) is 7.11 Å². The largest absolute Gasteiger partial charge is 0.497 e. The summed E-state index contributed by atoms with van der Waals surface area (Å²) in [6.07, 6.45) is 3.86. The van der Waals surface area contributed by atoms with Crippen molar-refractivity contribution in [1.82, 2.24) is 0 Å². The molecule has 0 aliphatic heterocycles. The van der Waals surface area contributed by atoms with Crippen LogP contribution in [0.3, 0.4) is 0 Å². The highest BCUT2D eigenvalue weighted by Gasteiger charge is 2.25. The first-order chi connectivity index (χ1) is 7.70. The molecule has 0 aromatic heterocycles. The number of hydrogen-bond donors (Lipinski definition) is 0. The third-order valence-corrected chi connectivity index (χ3v) is 3.72. The summed E-state index contributed by atoms with van der Waals surface area (Å²) in [5, 5.41) is 0. The zero-order chi connectivity index (χ0) is 11.5. The fraction of sp³-hybridized carbons (Fsp3) is 0.467. The molecule has 2 rings (SSSR count). The maximum absolute atomic E-state index is 5.18. The molecule has 16 heavy (non-hydrogen) atoms. The summed E-state index contributed by atoms with van der Waals surface area (Å²) in [5.41, 5.74) is 2.79. The molecule has 1 fully saturated rings. The fourth-order valence-corrected chi connectivity index (χ4v) is 2.61. The highest BCUT2D eigenvalue weighted by Crippen LogP contribution is 2.41. The van der Waals surface area contributed by atoms with Crippen LogP contribution >= 0.6 is 0 Å². The van der Waals surface area contributed by atoms with Crippen molar-refractivity contribution in [3.63, 3.8) is 0 Å². The van der Waals surface area contributed by atoms with Crippen LogP contribution in [-0.4, -0.2) is 7.11 Å². The average Bonchev–Trinajstić information content (AvgIpc) is 2.78. The molecule has 2 atom stereocenters. The molecule has 1 aromatic carbocycles. The van der Waals surface area contributed by atoms with Crippen LogP contribution in [0, 0.1) is 5.92 Å². The quantitative estimate of drug-likeness (QED) is 0.689. The third-order valence-electron chi connectivity index (χ3n) is 3.72. The Morgan fingerprint density at radius 2 is 1.94 bits per heavy atom. The van der Waals surface area contributed by atoms with E-state index in [-0.39, 0.29) is 0 Å². The first-order valence-electron chi connectivity index (χ1n) is 6.00. The average molecular weight is 216 g/mol. The van der Waals surface area contributed by atoms with Crippen molar-refractivity contribution >= 4 is 0 Å². The summed E-state index contributed by atoms with van der Waals surface area (Å²) in [7, 11) is 1.71. The van der Waals surface area contributed by atoms with E-state index in [1.165, 1.54) is 30.4 Å². The Hall–Kier alpha value is -1.24. The third kappa shape index (κ3) is 2.29. The van der Waals surface area contributed by atoms with Gasteiger partial charge in [-0.3, -0.25) is 0 Å². The van der Waals surface area contributed by atoms with Gasteiger partial charge in [-0.2, -0.15) is 0 Å². The van der Waals surface area contributed by atoms with Crippen molar-refractivity contribution < 1.29 is 4.74 Å². The van der Waals surface area contributed by atoms with Gasteiger partial charge in [-0.1, -0.05) is 24.3 Å². The standard InChI is InChI=1S/C15H20O/c1-11(2)13-4-5-14(10-13)12-6-8-15(16-3)9-7-12/h6-9,13-14H,1,4-5,10H2,2-3H3.